The van der Waals surface area contributed by atoms with Gasteiger partial charge in [0.05, 0.1) is 17.6 Å². The number of amides is 2. The molecule has 2 rings (SSSR count). The van der Waals surface area contributed by atoms with Crippen LogP contribution in [0.2, 0.25) is 0 Å². The van der Waals surface area contributed by atoms with Crippen molar-refractivity contribution >= 4 is 27.6 Å². The maximum Gasteiger partial charge on any atom is 0.264 e. The van der Waals surface area contributed by atoms with Crippen LogP contribution in [0.3, 0.4) is 0 Å². The number of carbonyl (C=O) groups excluding carboxylic acids is 2. The summed E-state index contributed by atoms with van der Waals surface area (Å²) in [6, 6.07) is 1.97. The van der Waals surface area contributed by atoms with E-state index in [1.54, 1.807) is 0 Å². The minimum atomic E-state index is -3.64. The van der Waals surface area contributed by atoms with Crippen molar-refractivity contribution in [3.63, 3.8) is 0 Å². The van der Waals surface area contributed by atoms with Crippen molar-refractivity contribution in [2.75, 3.05) is 11.6 Å². The summed E-state index contributed by atoms with van der Waals surface area (Å²) >= 11 is 0. The summed E-state index contributed by atoms with van der Waals surface area (Å²) in [6.07, 6.45) is 1.30. The van der Waals surface area contributed by atoms with Gasteiger partial charge in [-0.2, -0.15) is 12.8 Å². The molecule has 1 aromatic rings. The van der Waals surface area contributed by atoms with Crippen LogP contribution in [0.15, 0.2) is 12.1 Å². The molecule has 1 atom stereocenters. The molecule has 2 heterocycles. The van der Waals surface area contributed by atoms with Crippen molar-refractivity contribution in [3.8, 4) is 0 Å². The first-order chi connectivity index (χ1) is 10.2. The van der Waals surface area contributed by atoms with Gasteiger partial charge in [0, 0.05) is 6.42 Å². The highest BCUT2D eigenvalue weighted by atomic mass is 32.2. The lowest BCUT2D eigenvalue weighted by Gasteiger charge is -2.22. The van der Waals surface area contributed by atoms with Crippen molar-refractivity contribution < 1.29 is 26.6 Å². The number of halogens is 1. The molecular weight excluding hydrogens is 317 g/mol. The lowest BCUT2D eigenvalue weighted by molar-refractivity contribution is -0.133. The Morgan fingerprint density at radius 1 is 1.45 bits per heavy atom. The first-order valence-electron chi connectivity index (χ1n) is 6.34. The molecule has 10 heteroatoms. The second-order valence-corrected chi connectivity index (χ2v) is 6.40. The highest BCUT2D eigenvalue weighted by Gasteiger charge is 2.27. The van der Waals surface area contributed by atoms with E-state index >= 15 is 0 Å². The summed E-state index contributed by atoms with van der Waals surface area (Å²) in [6.45, 7) is -0.381. The summed E-state index contributed by atoms with van der Waals surface area (Å²) in [5.41, 5.74) is 0.0781. The number of nitrogens with one attached hydrogen (secondary N) is 2. The van der Waals surface area contributed by atoms with Crippen LogP contribution in [0.4, 0.5) is 10.1 Å². The molecule has 0 aliphatic carbocycles. The molecular formula is C12H14FN3O5S. The number of hydrogen-bond donors (Lipinski definition) is 2. The summed E-state index contributed by atoms with van der Waals surface area (Å²) in [7, 11) is -3.64. The van der Waals surface area contributed by atoms with Crippen LogP contribution in [-0.2, 0) is 30.5 Å². The van der Waals surface area contributed by atoms with Gasteiger partial charge in [-0.3, -0.25) is 19.1 Å². The molecule has 22 heavy (non-hydrogen) atoms. The van der Waals surface area contributed by atoms with Gasteiger partial charge in [0.2, 0.25) is 17.8 Å². The zero-order valence-corrected chi connectivity index (χ0v) is 12.4. The predicted octanol–water partition coefficient (Wildman–Crippen LogP) is -0.0860. The molecule has 1 aliphatic rings. The van der Waals surface area contributed by atoms with Gasteiger partial charge < -0.3 is 5.32 Å². The van der Waals surface area contributed by atoms with E-state index in [-0.39, 0.29) is 36.7 Å². The van der Waals surface area contributed by atoms with Crippen molar-refractivity contribution in [2.45, 2.75) is 25.5 Å². The van der Waals surface area contributed by atoms with Gasteiger partial charge in [-0.1, -0.05) is 0 Å². The number of carbonyl (C=O) groups is 2. The Bertz CT molecular complexity index is 707. The van der Waals surface area contributed by atoms with E-state index in [0.29, 0.717) is 0 Å². The molecule has 2 N–H and O–H groups in total. The third-order valence-electron chi connectivity index (χ3n) is 2.90. The normalized spacial score (nSPS) is 18.9. The molecule has 0 spiro atoms. The Morgan fingerprint density at radius 3 is 2.77 bits per heavy atom. The molecule has 0 radical (unpaired) electrons. The molecule has 1 aromatic heterocycles. The smallest absolute Gasteiger partial charge is 0.264 e. The molecule has 1 saturated heterocycles. The van der Waals surface area contributed by atoms with Crippen molar-refractivity contribution in [1.29, 1.82) is 0 Å². The van der Waals surface area contributed by atoms with Crippen LogP contribution >= 0.6 is 0 Å². The highest BCUT2D eigenvalue weighted by Crippen LogP contribution is 2.17. The van der Waals surface area contributed by atoms with Gasteiger partial charge in [0.1, 0.15) is 12.6 Å². The fraction of sp³-hybridized carbons (Fsp3) is 0.417. The average molecular weight is 331 g/mol. The Morgan fingerprint density at radius 2 is 2.18 bits per heavy atom. The molecule has 1 aliphatic heterocycles. The molecule has 120 valence electrons. The average Bonchev–Trinajstić information content (AvgIpc) is 2.41. The monoisotopic (exact) mass is 331 g/mol. The fourth-order valence-electron chi connectivity index (χ4n) is 1.85. The molecule has 1 fully saturated rings. The second-order valence-electron chi connectivity index (χ2n) is 4.76. The summed E-state index contributed by atoms with van der Waals surface area (Å²) in [5, 5.41) is 4.81. The van der Waals surface area contributed by atoms with Gasteiger partial charge in [-0.25, -0.2) is 4.98 Å². The third kappa shape index (κ3) is 4.46. The summed E-state index contributed by atoms with van der Waals surface area (Å²) in [4.78, 5) is 26.2. The standard InChI is InChI=1S/C12H14FN3O5S/c1-22(19,20)21-6-7-2-3-8(11(13)14-7)15-9-4-5-10(17)16-12(9)18/h2-3,9,15H,4-6H2,1H3,(H,16,17,18). The number of piperidine rings is 1. The largest absolute Gasteiger partial charge is 0.370 e. The summed E-state index contributed by atoms with van der Waals surface area (Å²) < 4.78 is 40.1. The molecule has 0 bridgehead atoms. The minimum absolute atomic E-state index is 0.0161. The third-order valence-corrected chi connectivity index (χ3v) is 3.44. The van der Waals surface area contributed by atoms with Crippen LogP contribution < -0.4 is 10.6 Å². The maximum absolute atomic E-state index is 13.9. The number of imide groups is 1. The highest BCUT2D eigenvalue weighted by molar-refractivity contribution is 7.85. The van der Waals surface area contributed by atoms with E-state index < -0.39 is 28.0 Å². The Kier molecular flexibility index (Phi) is 4.71. The number of rotatable bonds is 5. The van der Waals surface area contributed by atoms with E-state index in [4.69, 9.17) is 0 Å². The quantitative estimate of drug-likeness (QED) is 0.440. The minimum Gasteiger partial charge on any atom is -0.370 e. The molecule has 8 nitrogen and oxygen atoms in total. The first kappa shape index (κ1) is 16.3. The Labute approximate surface area is 126 Å². The Hall–Kier alpha value is -2.07. The molecule has 0 aromatic carbocycles. The lowest BCUT2D eigenvalue weighted by atomic mass is 10.1. The second kappa shape index (κ2) is 6.36. The Balaban J connectivity index is 2.03. The molecule has 2 amide bonds. The molecule has 1 unspecified atom stereocenters. The van der Waals surface area contributed by atoms with E-state index in [2.05, 4.69) is 19.8 Å². The zero-order chi connectivity index (χ0) is 16.3. The van der Waals surface area contributed by atoms with Crippen molar-refractivity contribution in [2.24, 2.45) is 0 Å². The van der Waals surface area contributed by atoms with Crippen LogP contribution in [0, 0.1) is 5.95 Å². The number of anilines is 1. The maximum atomic E-state index is 13.9. The number of hydrogen-bond acceptors (Lipinski definition) is 7. The topological polar surface area (TPSA) is 114 Å². The van der Waals surface area contributed by atoms with Gasteiger partial charge >= 0.3 is 0 Å². The SMILES string of the molecule is CS(=O)(=O)OCc1ccc(NC2CCC(=O)NC2=O)c(F)n1. The van der Waals surface area contributed by atoms with E-state index in [1.807, 2.05) is 0 Å². The van der Waals surface area contributed by atoms with Gasteiger partial charge in [0.15, 0.2) is 0 Å². The van der Waals surface area contributed by atoms with Crippen LogP contribution in [-0.4, -0.2) is 37.5 Å². The molecule has 0 saturated carbocycles. The van der Waals surface area contributed by atoms with Crippen LogP contribution in [0.1, 0.15) is 18.5 Å². The first-order valence-corrected chi connectivity index (χ1v) is 8.16. The summed E-state index contributed by atoms with van der Waals surface area (Å²) in [5.74, 6) is -1.78. The number of aromatic nitrogens is 1. The van der Waals surface area contributed by atoms with Gasteiger partial charge in [0.25, 0.3) is 10.1 Å². The number of pyridine rings is 1. The number of nitrogens with zero attached hydrogens (tertiary/aromatic N) is 1. The van der Waals surface area contributed by atoms with Crippen molar-refractivity contribution in [1.82, 2.24) is 10.3 Å². The van der Waals surface area contributed by atoms with Crippen molar-refractivity contribution in [3.05, 3.63) is 23.8 Å². The van der Waals surface area contributed by atoms with E-state index in [9.17, 15) is 22.4 Å². The lowest BCUT2D eigenvalue weighted by Crippen LogP contribution is -2.47. The van der Waals surface area contributed by atoms with Gasteiger partial charge in [-0.05, 0) is 18.6 Å². The van der Waals surface area contributed by atoms with Gasteiger partial charge in [-0.15, -0.1) is 0 Å². The zero-order valence-electron chi connectivity index (χ0n) is 11.6. The predicted molar refractivity (Wildman–Crippen MR) is 73.6 cm³/mol. The van der Waals surface area contributed by atoms with E-state index in [1.165, 1.54) is 12.1 Å². The van der Waals surface area contributed by atoms with E-state index in [0.717, 1.165) is 6.26 Å². The van der Waals surface area contributed by atoms with Crippen LogP contribution in [0.5, 0.6) is 0 Å². The fourth-order valence-corrected chi connectivity index (χ4v) is 2.18. The van der Waals surface area contributed by atoms with Crippen LogP contribution in [0.25, 0.3) is 0 Å².